The van der Waals surface area contributed by atoms with Crippen LogP contribution in [0.1, 0.15) is 201 Å². The Labute approximate surface area is 283 Å². The van der Waals surface area contributed by atoms with Gasteiger partial charge in [-0.3, -0.25) is 14.2 Å². The highest BCUT2D eigenvalue weighted by Gasteiger charge is 2.20. The third-order valence-corrected chi connectivity index (χ3v) is 9.44. The van der Waals surface area contributed by atoms with Crippen molar-refractivity contribution in [3.05, 3.63) is 0 Å². The lowest BCUT2D eigenvalue weighted by Gasteiger charge is -2.25. The zero-order chi connectivity index (χ0) is 34.0. The second-order valence-electron chi connectivity index (χ2n) is 12.9. The molecule has 274 valence electrons. The fraction of sp³-hybridized carbons (Fsp3) is 0.946. The van der Waals surface area contributed by atoms with Crippen molar-refractivity contribution in [3.63, 3.8) is 0 Å². The van der Waals surface area contributed by atoms with Gasteiger partial charge in [-0.2, -0.15) is 0 Å². The first-order chi connectivity index (χ1) is 22.3. The SMILES string of the molecule is CCCCCCCCCCCCCCCC(=O)OC[C@H](COP(=O)([O-])OCC)OC(=O)CCCCCCCCCCCCCCC. The van der Waals surface area contributed by atoms with Gasteiger partial charge in [-0.25, -0.2) is 0 Å². The van der Waals surface area contributed by atoms with Crippen molar-refractivity contribution < 1.29 is 37.6 Å². The molecule has 0 heterocycles. The van der Waals surface area contributed by atoms with Crippen molar-refractivity contribution in [1.82, 2.24) is 0 Å². The van der Waals surface area contributed by atoms with Crippen LogP contribution in [0.15, 0.2) is 0 Å². The first-order valence-corrected chi connectivity index (χ1v) is 20.8. The highest BCUT2D eigenvalue weighted by Crippen LogP contribution is 2.38. The molecule has 0 spiro atoms. The number of unbranched alkanes of at least 4 members (excludes halogenated alkanes) is 24. The van der Waals surface area contributed by atoms with Crippen molar-refractivity contribution >= 4 is 19.8 Å². The molecular weight excluding hydrogens is 603 g/mol. The van der Waals surface area contributed by atoms with Crippen LogP contribution in [-0.4, -0.2) is 37.9 Å². The first kappa shape index (κ1) is 45.0. The molecular formula is C37H72O8P-. The fourth-order valence-corrected chi connectivity index (χ4v) is 6.30. The van der Waals surface area contributed by atoms with Gasteiger partial charge in [-0.05, 0) is 19.8 Å². The van der Waals surface area contributed by atoms with Gasteiger partial charge in [0.05, 0.1) is 13.2 Å². The predicted octanol–water partition coefficient (Wildman–Crippen LogP) is 10.9. The van der Waals surface area contributed by atoms with Crippen LogP contribution in [0.2, 0.25) is 0 Å². The van der Waals surface area contributed by atoms with E-state index in [1.54, 1.807) is 6.92 Å². The number of carbonyl (C=O) groups is 2. The van der Waals surface area contributed by atoms with Crippen molar-refractivity contribution in [2.45, 2.75) is 207 Å². The normalized spacial score (nSPS) is 13.4. The van der Waals surface area contributed by atoms with E-state index in [1.165, 1.54) is 128 Å². The topological polar surface area (TPSA) is 111 Å². The van der Waals surface area contributed by atoms with Crippen molar-refractivity contribution in [3.8, 4) is 0 Å². The third kappa shape index (κ3) is 33.0. The maximum Gasteiger partial charge on any atom is 0.306 e. The van der Waals surface area contributed by atoms with Crippen LogP contribution in [0, 0.1) is 0 Å². The molecule has 0 rings (SSSR count). The lowest BCUT2D eigenvalue weighted by atomic mass is 10.0. The molecule has 9 heteroatoms. The summed E-state index contributed by atoms with van der Waals surface area (Å²) in [4.78, 5) is 36.6. The summed E-state index contributed by atoms with van der Waals surface area (Å²) in [6.45, 7) is 5.29. The Kier molecular flexibility index (Phi) is 33.2. The standard InChI is InChI=1S/C37H73O8P/c1-4-7-9-11-13-15-17-19-21-23-25-27-29-31-36(38)42-33-35(34-44-46(40,41)43-6-3)45-37(39)32-30-28-26-24-22-20-18-16-14-12-10-8-5-2/h35H,4-34H2,1-3H3,(H,40,41)/p-1/t35-/m1/s1. The summed E-state index contributed by atoms with van der Waals surface area (Å²) >= 11 is 0. The monoisotopic (exact) mass is 675 g/mol. The van der Waals surface area contributed by atoms with Crippen molar-refractivity contribution in [1.29, 1.82) is 0 Å². The maximum absolute atomic E-state index is 12.5. The van der Waals surface area contributed by atoms with E-state index in [2.05, 4.69) is 18.4 Å². The quantitative estimate of drug-likeness (QED) is 0.0366. The lowest BCUT2D eigenvalue weighted by Crippen LogP contribution is -2.30. The number of hydrogen-bond acceptors (Lipinski definition) is 8. The molecule has 8 nitrogen and oxygen atoms in total. The summed E-state index contributed by atoms with van der Waals surface area (Å²) in [7, 11) is -4.51. The zero-order valence-electron chi connectivity index (χ0n) is 30.2. The largest absolute Gasteiger partial charge is 0.756 e. The van der Waals surface area contributed by atoms with E-state index in [0.29, 0.717) is 6.42 Å². The molecule has 0 aliphatic carbocycles. The summed E-state index contributed by atoms with van der Waals surface area (Å²) in [5.41, 5.74) is 0. The molecule has 0 amide bonds. The Bertz CT molecular complexity index is 732. The maximum atomic E-state index is 12.5. The third-order valence-electron chi connectivity index (χ3n) is 8.40. The number of esters is 2. The molecule has 0 radical (unpaired) electrons. The van der Waals surface area contributed by atoms with E-state index in [1.807, 2.05) is 0 Å². The minimum atomic E-state index is -4.51. The van der Waals surface area contributed by atoms with Crippen LogP contribution in [0.3, 0.4) is 0 Å². The molecule has 2 atom stereocenters. The van der Waals surface area contributed by atoms with E-state index in [-0.39, 0.29) is 32.0 Å². The Morgan fingerprint density at radius 1 is 0.500 bits per heavy atom. The Morgan fingerprint density at radius 3 is 1.22 bits per heavy atom. The molecule has 0 aromatic heterocycles. The summed E-state index contributed by atoms with van der Waals surface area (Å²) in [5.74, 6) is -0.822. The Morgan fingerprint density at radius 2 is 0.848 bits per heavy atom. The minimum Gasteiger partial charge on any atom is -0.756 e. The number of phosphoric acid groups is 1. The molecule has 0 N–H and O–H groups in total. The predicted molar refractivity (Wildman–Crippen MR) is 187 cm³/mol. The van der Waals surface area contributed by atoms with Gasteiger partial charge in [-0.1, -0.05) is 168 Å². The van der Waals surface area contributed by atoms with E-state index in [0.717, 1.165) is 32.1 Å². The van der Waals surface area contributed by atoms with Crippen LogP contribution in [0.4, 0.5) is 0 Å². The van der Waals surface area contributed by atoms with E-state index in [9.17, 15) is 19.0 Å². The van der Waals surface area contributed by atoms with E-state index < -0.39 is 26.5 Å². The van der Waals surface area contributed by atoms with Crippen molar-refractivity contribution in [2.75, 3.05) is 19.8 Å². The van der Waals surface area contributed by atoms with Gasteiger partial charge in [0.1, 0.15) is 6.61 Å². The van der Waals surface area contributed by atoms with Gasteiger partial charge in [0.2, 0.25) is 0 Å². The summed E-state index contributed by atoms with van der Waals surface area (Å²) in [6, 6.07) is 0. The number of phosphoric ester groups is 1. The number of carbonyl (C=O) groups excluding carboxylic acids is 2. The van der Waals surface area contributed by atoms with Crippen LogP contribution >= 0.6 is 7.82 Å². The van der Waals surface area contributed by atoms with E-state index in [4.69, 9.17) is 14.0 Å². The van der Waals surface area contributed by atoms with E-state index >= 15 is 0 Å². The molecule has 46 heavy (non-hydrogen) atoms. The Balaban J connectivity index is 4.11. The van der Waals surface area contributed by atoms with Crippen LogP contribution < -0.4 is 4.89 Å². The van der Waals surface area contributed by atoms with Gasteiger partial charge in [0.15, 0.2) is 6.10 Å². The molecule has 0 aliphatic heterocycles. The second-order valence-corrected chi connectivity index (χ2v) is 14.4. The smallest absolute Gasteiger partial charge is 0.306 e. The first-order valence-electron chi connectivity index (χ1n) is 19.3. The number of hydrogen-bond donors (Lipinski definition) is 0. The van der Waals surface area contributed by atoms with Crippen LogP contribution in [0.25, 0.3) is 0 Å². The van der Waals surface area contributed by atoms with Gasteiger partial charge >= 0.3 is 11.9 Å². The van der Waals surface area contributed by atoms with Gasteiger partial charge < -0.3 is 23.4 Å². The molecule has 1 unspecified atom stereocenters. The van der Waals surface area contributed by atoms with Gasteiger partial charge in [-0.15, -0.1) is 0 Å². The summed E-state index contributed by atoms with van der Waals surface area (Å²) in [6.07, 6.45) is 31.3. The molecule has 0 aromatic rings. The molecule has 0 saturated heterocycles. The van der Waals surface area contributed by atoms with Crippen molar-refractivity contribution in [2.24, 2.45) is 0 Å². The minimum absolute atomic E-state index is 0.0572. The Hall–Kier alpha value is -0.950. The molecule has 0 fully saturated rings. The highest BCUT2D eigenvalue weighted by atomic mass is 31.2. The number of ether oxygens (including phenoxy) is 2. The fourth-order valence-electron chi connectivity index (χ4n) is 5.56. The number of rotatable bonds is 36. The van der Waals surface area contributed by atoms with Gasteiger partial charge in [0.25, 0.3) is 7.82 Å². The molecule has 0 bridgehead atoms. The summed E-state index contributed by atoms with van der Waals surface area (Å²) in [5, 5.41) is 0. The summed E-state index contributed by atoms with van der Waals surface area (Å²) < 4.78 is 32.1. The second kappa shape index (κ2) is 33.9. The van der Waals surface area contributed by atoms with Crippen LogP contribution in [-0.2, 0) is 32.7 Å². The molecule has 0 saturated carbocycles. The molecule has 0 aliphatic rings. The van der Waals surface area contributed by atoms with Crippen LogP contribution in [0.5, 0.6) is 0 Å². The average molecular weight is 676 g/mol. The zero-order valence-corrected chi connectivity index (χ0v) is 31.1. The lowest BCUT2D eigenvalue weighted by molar-refractivity contribution is -0.228. The van der Waals surface area contributed by atoms with Gasteiger partial charge in [0, 0.05) is 12.8 Å². The highest BCUT2D eigenvalue weighted by molar-refractivity contribution is 7.45. The molecule has 0 aromatic carbocycles. The average Bonchev–Trinajstić information content (AvgIpc) is 3.03.